The van der Waals surface area contributed by atoms with Crippen molar-refractivity contribution in [2.24, 2.45) is 0 Å². The normalized spacial score (nSPS) is 9.67. The van der Waals surface area contributed by atoms with E-state index in [0.717, 1.165) is 0 Å². The van der Waals surface area contributed by atoms with Crippen molar-refractivity contribution in [3.63, 3.8) is 0 Å². The quantitative estimate of drug-likeness (QED) is 0.493. The maximum atomic E-state index is 8.82. The monoisotopic (exact) mass is 378 g/mol. The van der Waals surface area contributed by atoms with Crippen molar-refractivity contribution in [3.05, 3.63) is 0 Å². The van der Waals surface area contributed by atoms with Gasteiger partial charge in [0.15, 0.2) is 0 Å². The average Bonchev–Trinajstić information content (AvgIpc) is 0.722. The van der Waals surface area contributed by atoms with Crippen molar-refractivity contribution < 1.29 is 56.0 Å². The minimum atomic E-state index is -5.25. The van der Waals surface area contributed by atoms with Gasteiger partial charge in [0, 0.05) is 39.9 Å². The summed E-state index contributed by atoms with van der Waals surface area (Å²) in [6, 6.07) is 0. The molecular formula is H2O4SeTh. The predicted octanol–water partition coefficient (Wildman–Crippen LogP) is -1.73. The van der Waals surface area contributed by atoms with E-state index < -0.39 is 13.4 Å². The van der Waals surface area contributed by atoms with E-state index in [1.807, 2.05) is 0 Å². The van der Waals surface area contributed by atoms with Crippen LogP contribution in [0.25, 0.3) is 0 Å². The maximum Gasteiger partial charge on any atom is 0 e. The molecule has 0 aromatic carbocycles. The first-order valence-corrected chi connectivity index (χ1v) is 3.63. The Kier molecular flexibility index (Phi) is 5.83. The minimum absolute atomic E-state index is 0. The molecule has 0 radical (unpaired) electrons. The summed E-state index contributed by atoms with van der Waals surface area (Å²) in [7, 11) is 0. The first-order valence-electron chi connectivity index (χ1n) is 0.698. The third-order valence-electron chi connectivity index (χ3n) is 0. The van der Waals surface area contributed by atoms with Gasteiger partial charge in [-0.2, -0.15) is 0 Å². The first-order chi connectivity index (χ1) is 2.00. The van der Waals surface area contributed by atoms with Crippen LogP contribution in [0.1, 0.15) is 0 Å². The molecule has 0 aliphatic rings. The van der Waals surface area contributed by atoms with Gasteiger partial charge in [-0.3, -0.25) is 0 Å². The topological polar surface area (TPSA) is 74.6 Å². The molecule has 0 spiro atoms. The Bertz CT molecular complexity index is 90.7. The summed E-state index contributed by atoms with van der Waals surface area (Å²) in [6.07, 6.45) is 0. The second-order valence-corrected chi connectivity index (χ2v) is 2.33. The maximum absolute atomic E-state index is 8.82. The van der Waals surface area contributed by atoms with E-state index >= 15 is 0 Å². The molecule has 0 aliphatic carbocycles. The van der Waals surface area contributed by atoms with E-state index in [0.29, 0.717) is 0 Å². The summed E-state index contributed by atoms with van der Waals surface area (Å²) in [4.78, 5) is 0. The number of hydrogen-bond acceptors (Lipinski definition) is 2. The fourth-order valence-electron chi connectivity index (χ4n) is 0. The third-order valence-corrected chi connectivity index (χ3v) is 0. The van der Waals surface area contributed by atoms with Crippen LogP contribution < -0.4 is 0 Å². The van der Waals surface area contributed by atoms with Gasteiger partial charge in [-0.1, -0.05) is 0 Å². The van der Waals surface area contributed by atoms with Crippen LogP contribution in [0.4, 0.5) is 0 Å². The third kappa shape index (κ3) is 54.9. The average molecular weight is 377 g/mol. The van der Waals surface area contributed by atoms with Gasteiger partial charge in [0.1, 0.15) is 0 Å². The minimum Gasteiger partial charge on any atom is 0 e. The molecule has 0 aromatic rings. The Morgan fingerprint density at radius 3 is 1.17 bits per heavy atom. The number of hydrogen-bond donors (Lipinski definition) is 2. The molecule has 0 amide bonds. The summed E-state index contributed by atoms with van der Waals surface area (Å²) in [6.45, 7) is 0. The zero-order chi connectivity index (χ0) is 4.50. The van der Waals surface area contributed by atoms with Gasteiger partial charge in [0.2, 0.25) is 0 Å². The van der Waals surface area contributed by atoms with E-state index in [1.165, 1.54) is 0 Å². The van der Waals surface area contributed by atoms with Gasteiger partial charge >= 0.3 is 29.4 Å². The van der Waals surface area contributed by atoms with E-state index in [2.05, 4.69) is 0 Å². The van der Waals surface area contributed by atoms with Crippen molar-refractivity contribution in [2.75, 3.05) is 0 Å². The molecule has 0 atom stereocenters. The molecule has 36 valence electrons. The molecule has 2 N–H and O–H groups in total. The zero-order valence-electron chi connectivity index (χ0n) is 2.62. The van der Waals surface area contributed by atoms with Gasteiger partial charge < -0.3 is 0 Å². The largest absolute Gasteiger partial charge is 0 e. The Morgan fingerprint density at radius 2 is 1.17 bits per heavy atom. The summed E-state index contributed by atoms with van der Waals surface area (Å²) >= 11 is -5.25. The second kappa shape index (κ2) is 3.38. The Hall–Kier alpha value is 1.36. The van der Waals surface area contributed by atoms with Gasteiger partial charge in [0.25, 0.3) is 0 Å². The van der Waals surface area contributed by atoms with Gasteiger partial charge in [0.05, 0.1) is 0 Å². The fourth-order valence-corrected chi connectivity index (χ4v) is 0. The van der Waals surface area contributed by atoms with Crippen molar-refractivity contribution in [2.45, 2.75) is 0 Å². The fraction of sp³-hybridized carbons (Fsp3) is 0. The zero-order valence-corrected chi connectivity index (χ0v) is 8.44. The standard InChI is InChI=1S/H2O4Se.Th/c1-5(2,3)4;/h(H2,1,2,3,4);. The van der Waals surface area contributed by atoms with E-state index in [9.17, 15) is 0 Å². The summed E-state index contributed by atoms with van der Waals surface area (Å²) in [5.74, 6) is 0. The molecule has 0 heterocycles. The Morgan fingerprint density at radius 1 is 1.17 bits per heavy atom. The summed E-state index contributed by atoms with van der Waals surface area (Å²) in [5, 5.41) is 0. The molecule has 0 aromatic heterocycles. The van der Waals surface area contributed by atoms with Gasteiger partial charge in [-0.25, -0.2) is 0 Å². The first kappa shape index (κ1) is 10.4. The van der Waals surface area contributed by atoms with Gasteiger partial charge in [-0.15, -0.1) is 0 Å². The van der Waals surface area contributed by atoms with E-state index in [-0.39, 0.29) is 39.9 Å². The molecule has 0 bridgehead atoms. The molecule has 0 saturated heterocycles. The number of rotatable bonds is 0. The molecule has 0 saturated carbocycles. The van der Waals surface area contributed by atoms with Crippen LogP contribution in [0.5, 0.6) is 0 Å². The van der Waals surface area contributed by atoms with Crippen LogP contribution in [0.15, 0.2) is 0 Å². The molecule has 0 fully saturated rings. The Balaban J connectivity index is 0. The summed E-state index contributed by atoms with van der Waals surface area (Å²) in [5.41, 5.74) is 0. The van der Waals surface area contributed by atoms with Crippen molar-refractivity contribution in [1.29, 1.82) is 0 Å². The van der Waals surface area contributed by atoms with E-state index in [4.69, 9.17) is 16.0 Å². The molecule has 6 heteroatoms. The van der Waals surface area contributed by atoms with Crippen LogP contribution in [-0.2, 0) is 7.67 Å². The molecule has 4 nitrogen and oxygen atoms in total. The van der Waals surface area contributed by atoms with Crippen molar-refractivity contribution in [1.82, 2.24) is 0 Å². The van der Waals surface area contributed by atoms with Crippen LogP contribution in [0.2, 0.25) is 0 Å². The molecule has 0 unspecified atom stereocenters. The van der Waals surface area contributed by atoms with Crippen LogP contribution in [0.3, 0.4) is 0 Å². The second-order valence-electron chi connectivity index (χ2n) is 0.448. The molecular weight excluding hydrogens is 375 g/mol. The molecule has 0 aliphatic heterocycles. The van der Waals surface area contributed by atoms with Gasteiger partial charge in [-0.05, 0) is 0 Å². The van der Waals surface area contributed by atoms with Crippen molar-refractivity contribution in [3.8, 4) is 0 Å². The molecule has 0 rings (SSSR count). The predicted molar refractivity (Wildman–Crippen MR) is 11.6 cm³/mol. The van der Waals surface area contributed by atoms with Crippen LogP contribution in [0, 0.1) is 39.9 Å². The summed E-state index contributed by atoms with van der Waals surface area (Å²) < 4.78 is 31.9. The molecule has 6 heavy (non-hydrogen) atoms. The Labute approximate surface area is 68.5 Å². The smallest absolute Gasteiger partial charge is 0 e. The van der Waals surface area contributed by atoms with Crippen LogP contribution in [-0.4, -0.2) is 21.7 Å². The van der Waals surface area contributed by atoms with Crippen LogP contribution >= 0.6 is 0 Å². The SMILES string of the molecule is O=[Se](=O)(O)O.[Th]. The van der Waals surface area contributed by atoms with E-state index in [1.54, 1.807) is 0 Å². The van der Waals surface area contributed by atoms with Crippen molar-refractivity contribution >= 4 is 13.4 Å².